The van der Waals surface area contributed by atoms with Crippen LogP contribution in [0.1, 0.15) is 32.1 Å². The Morgan fingerprint density at radius 2 is 2.00 bits per heavy atom. The summed E-state index contributed by atoms with van der Waals surface area (Å²) >= 11 is 5.12. The van der Waals surface area contributed by atoms with Crippen LogP contribution in [0.5, 0.6) is 0 Å². The van der Waals surface area contributed by atoms with Gasteiger partial charge in [0.1, 0.15) is 0 Å². The van der Waals surface area contributed by atoms with Gasteiger partial charge in [0.2, 0.25) is 0 Å². The van der Waals surface area contributed by atoms with Crippen LogP contribution in [0, 0.1) is 5.92 Å². The zero-order chi connectivity index (χ0) is 8.39. The lowest BCUT2D eigenvalue weighted by Gasteiger charge is -2.08. The van der Waals surface area contributed by atoms with Crippen molar-refractivity contribution in [3.8, 4) is 0 Å². The zero-order valence-corrected chi connectivity index (χ0v) is 8.12. The maximum Gasteiger partial charge on any atom is 0.166 e. The molecule has 0 unspecified atom stereocenters. The van der Waals surface area contributed by atoms with E-state index in [1.165, 1.54) is 32.1 Å². The minimum atomic E-state index is 0.686. The summed E-state index contributed by atoms with van der Waals surface area (Å²) in [5, 5.41) is 7.37. The molecule has 3 heteroatoms. The Bertz CT molecular complexity index is 173. The first-order valence-electron chi connectivity index (χ1n) is 4.89. The van der Waals surface area contributed by atoms with E-state index in [1.807, 2.05) is 0 Å². The van der Waals surface area contributed by atoms with E-state index >= 15 is 0 Å². The maximum atomic E-state index is 5.12. The lowest BCUT2D eigenvalue weighted by atomic mass is 10.3. The number of hydrogen-bond donors (Lipinski definition) is 2. The summed E-state index contributed by atoms with van der Waals surface area (Å²) in [6.07, 6.45) is 6.76. The predicted octanol–water partition coefficient (Wildman–Crippen LogP) is 1.41. The number of nitrogens with one attached hydrogen (secondary N) is 2. The van der Waals surface area contributed by atoms with E-state index in [9.17, 15) is 0 Å². The molecule has 0 aromatic carbocycles. The molecule has 0 aromatic rings. The summed E-state index contributed by atoms with van der Waals surface area (Å²) in [5.74, 6) is 1.00. The molecule has 0 aromatic heterocycles. The zero-order valence-electron chi connectivity index (χ0n) is 7.31. The number of thiocarbonyl (C=S) groups is 1. The average Bonchev–Trinajstić information content (AvgIpc) is 2.77. The van der Waals surface area contributed by atoms with Crippen molar-refractivity contribution in [2.75, 3.05) is 6.54 Å². The summed E-state index contributed by atoms with van der Waals surface area (Å²) in [6.45, 7) is 1.06. The molecule has 0 radical (unpaired) electrons. The van der Waals surface area contributed by atoms with Crippen LogP contribution in [0.3, 0.4) is 0 Å². The summed E-state index contributed by atoms with van der Waals surface area (Å²) in [7, 11) is 0. The smallest absolute Gasteiger partial charge is 0.166 e. The topological polar surface area (TPSA) is 24.1 Å². The minimum Gasteiger partial charge on any atom is -0.363 e. The highest BCUT2D eigenvalue weighted by atomic mass is 32.1. The third kappa shape index (κ3) is 2.97. The highest BCUT2D eigenvalue weighted by Crippen LogP contribution is 2.31. The van der Waals surface area contributed by atoms with Gasteiger partial charge in [-0.1, -0.05) is 12.8 Å². The summed E-state index contributed by atoms with van der Waals surface area (Å²) in [4.78, 5) is 0. The van der Waals surface area contributed by atoms with Gasteiger partial charge in [0.05, 0.1) is 0 Å². The van der Waals surface area contributed by atoms with Crippen molar-refractivity contribution in [2.45, 2.75) is 38.1 Å². The molecule has 0 atom stereocenters. The van der Waals surface area contributed by atoms with E-state index in [4.69, 9.17) is 12.2 Å². The molecule has 2 aliphatic rings. The average molecular weight is 184 g/mol. The molecule has 0 amide bonds. The second-order valence-corrected chi connectivity index (χ2v) is 4.31. The van der Waals surface area contributed by atoms with Gasteiger partial charge in [0, 0.05) is 12.6 Å². The van der Waals surface area contributed by atoms with E-state index in [0.29, 0.717) is 6.04 Å². The normalized spacial score (nSPS) is 22.0. The minimum absolute atomic E-state index is 0.686. The van der Waals surface area contributed by atoms with E-state index in [0.717, 1.165) is 17.6 Å². The van der Waals surface area contributed by atoms with Crippen LogP contribution in [0.4, 0.5) is 0 Å². The predicted molar refractivity (Wildman–Crippen MR) is 54.1 cm³/mol. The summed E-state index contributed by atoms with van der Waals surface area (Å²) < 4.78 is 0. The fourth-order valence-electron chi connectivity index (χ4n) is 1.26. The molecule has 2 fully saturated rings. The van der Waals surface area contributed by atoms with Gasteiger partial charge in [-0.15, -0.1) is 0 Å². The second kappa shape index (κ2) is 3.60. The van der Waals surface area contributed by atoms with Crippen LogP contribution >= 0.6 is 12.2 Å². The Labute approximate surface area is 79.1 Å². The third-order valence-corrected chi connectivity index (χ3v) is 2.71. The van der Waals surface area contributed by atoms with Gasteiger partial charge in [-0.05, 0) is 37.4 Å². The van der Waals surface area contributed by atoms with Crippen LogP contribution in [0.2, 0.25) is 0 Å². The van der Waals surface area contributed by atoms with Crippen LogP contribution in [0.15, 0.2) is 0 Å². The van der Waals surface area contributed by atoms with E-state index < -0.39 is 0 Å². The molecule has 0 saturated heterocycles. The Balaban J connectivity index is 1.49. The fourth-order valence-corrected chi connectivity index (χ4v) is 1.53. The molecule has 0 aliphatic heterocycles. The number of hydrogen-bond acceptors (Lipinski definition) is 1. The largest absolute Gasteiger partial charge is 0.363 e. The first-order valence-corrected chi connectivity index (χ1v) is 5.30. The SMILES string of the molecule is S=C(NCCC1CC1)NC1CC1. The van der Waals surface area contributed by atoms with E-state index in [-0.39, 0.29) is 0 Å². The number of rotatable bonds is 4. The van der Waals surface area contributed by atoms with Crippen LogP contribution in [0.25, 0.3) is 0 Å². The van der Waals surface area contributed by atoms with Gasteiger partial charge in [-0.25, -0.2) is 0 Å². The first-order chi connectivity index (χ1) is 5.84. The van der Waals surface area contributed by atoms with Gasteiger partial charge in [-0.3, -0.25) is 0 Å². The highest BCUT2D eigenvalue weighted by Gasteiger charge is 2.22. The Morgan fingerprint density at radius 3 is 2.58 bits per heavy atom. The quantitative estimate of drug-likeness (QED) is 0.646. The molecule has 0 heterocycles. The van der Waals surface area contributed by atoms with E-state index in [1.54, 1.807) is 0 Å². The molecule has 12 heavy (non-hydrogen) atoms. The monoisotopic (exact) mass is 184 g/mol. The summed E-state index contributed by atoms with van der Waals surface area (Å²) in [6, 6.07) is 0.686. The summed E-state index contributed by atoms with van der Waals surface area (Å²) in [5.41, 5.74) is 0. The molecule has 0 spiro atoms. The van der Waals surface area contributed by atoms with Crippen LogP contribution in [-0.4, -0.2) is 17.7 Å². The van der Waals surface area contributed by atoms with Gasteiger partial charge < -0.3 is 10.6 Å². The van der Waals surface area contributed by atoms with Crippen LogP contribution < -0.4 is 10.6 Å². The Hall–Kier alpha value is -0.310. The molecule has 2 rings (SSSR count). The van der Waals surface area contributed by atoms with Gasteiger partial charge in [-0.2, -0.15) is 0 Å². The Morgan fingerprint density at radius 1 is 1.25 bits per heavy atom. The molecule has 68 valence electrons. The lowest BCUT2D eigenvalue weighted by molar-refractivity contribution is 0.690. The van der Waals surface area contributed by atoms with Gasteiger partial charge in [0.25, 0.3) is 0 Å². The standard InChI is InChI=1S/C9H16N2S/c12-9(11-8-3-4-8)10-6-5-7-1-2-7/h7-8H,1-6H2,(H2,10,11,12). The maximum absolute atomic E-state index is 5.12. The molecular formula is C9H16N2S. The molecule has 0 bridgehead atoms. The molecule has 2 saturated carbocycles. The molecule has 2 nitrogen and oxygen atoms in total. The van der Waals surface area contributed by atoms with Crippen molar-refractivity contribution < 1.29 is 0 Å². The van der Waals surface area contributed by atoms with Gasteiger partial charge >= 0.3 is 0 Å². The second-order valence-electron chi connectivity index (χ2n) is 3.91. The molecule has 2 N–H and O–H groups in total. The lowest BCUT2D eigenvalue weighted by Crippen LogP contribution is -2.37. The highest BCUT2D eigenvalue weighted by molar-refractivity contribution is 7.80. The van der Waals surface area contributed by atoms with Crippen molar-refractivity contribution in [3.05, 3.63) is 0 Å². The van der Waals surface area contributed by atoms with Crippen molar-refractivity contribution >= 4 is 17.3 Å². The van der Waals surface area contributed by atoms with Gasteiger partial charge in [0.15, 0.2) is 5.11 Å². The fraction of sp³-hybridized carbons (Fsp3) is 0.889. The van der Waals surface area contributed by atoms with Crippen molar-refractivity contribution in [2.24, 2.45) is 5.92 Å². The van der Waals surface area contributed by atoms with Crippen molar-refractivity contribution in [1.29, 1.82) is 0 Å². The van der Waals surface area contributed by atoms with Crippen molar-refractivity contribution in [3.63, 3.8) is 0 Å². The molecular weight excluding hydrogens is 168 g/mol. The Kier molecular flexibility index (Phi) is 2.49. The van der Waals surface area contributed by atoms with Crippen LogP contribution in [-0.2, 0) is 0 Å². The van der Waals surface area contributed by atoms with E-state index in [2.05, 4.69) is 10.6 Å². The van der Waals surface area contributed by atoms with Crippen molar-refractivity contribution in [1.82, 2.24) is 10.6 Å². The molecule has 2 aliphatic carbocycles. The first kappa shape index (κ1) is 8.30. The third-order valence-electron chi connectivity index (χ3n) is 2.45.